The third-order valence-corrected chi connectivity index (χ3v) is 5.24. The summed E-state index contributed by atoms with van der Waals surface area (Å²) in [5.41, 5.74) is 11.3. The number of nitrogens with zero attached hydrogens (tertiary/aromatic N) is 1. The Kier molecular flexibility index (Phi) is 5.62. The Morgan fingerprint density at radius 1 is 1.14 bits per heavy atom. The summed E-state index contributed by atoms with van der Waals surface area (Å²) in [6.45, 7) is 2.11. The molecule has 5 nitrogen and oxygen atoms in total. The van der Waals surface area contributed by atoms with Crippen LogP contribution in [0.2, 0.25) is 0 Å². The number of nitrogens with two attached hydrogens (primary N) is 2. The summed E-state index contributed by atoms with van der Waals surface area (Å²) in [7, 11) is 0. The van der Waals surface area contributed by atoms with E-state index in [1.807, 2.05) is 4.90 Å². The van der Waals surface area contributed by atoms with Gasteiger partial charge in [0.2, 0.25) is 11.8 Å². The minimum atomic E-state index is -0.264. The molecule has 1 heterocycles. The minimum Gasteiger partial charge on any atom is -0.370 e. The largest absolute Gasteiger partial charge is 0.370 e. The number of carbonyl (C=O) groups excluding carboxylic acids is 2. The number of hydrogen-bond donors (Lipinski definition) is 2. The van der Waals surface area contributed by atoms with Crippen molar-refractivity contribution in [2.45, 2.75) is 57.8 Å². The van der Waals surface area contributed by atoms with Gasteiger partial charge in [-0.15, -0.1) is 0 Å². The molecule has 2 amide bonds. The second kappa shape index (κ2) is 7.25. The molecule has 2 fully saturated rings. The molecule has 0 aromatic carbocycles. The molecule has 0 aromatic heterocycles. The number of carbonyl (C=O) groups is 2. The van der Waals surface area contributed by atoms with Crippen LogP contribution >= 0.6 is 0 Å². The van der Waals surface area contributed by atoms with Crippen LogP contribution < -0.4 is 11.5 Å². The molecule has 2 rings (SSSR count). The van der Waals surface area contributed by atoms with Crippen molar-refractivity contribution in [1.82, 2.24) is 4.90 Å². The van der Waals surface area contributed by atoms with Gasteiger partial charge in [0.25, 0.3) is 0 Å². The third kappa shape index (κ3) is 4.43. The topological polar surface area (TPSA) is 89.4 Å². The Bertz CT molecular complexity index is 378. The predicted molar refractivity (Wildman–Crippen MR) is 82.3 cm³/mol. The Morgan fingerprint density at radius 3 is 2.48 bits per heavy atom. The Morgan fingerprint density at radius 2 is 1.86 bits per heavy atom. The monoisotopic (exact) mass is 295 g/mol. The molecule has 21 heavy (non-hydrogen) atoms. The van der Waals surface area contributed by atoms with Crippen LogP contribution in [0.1, 0.15) is 57.8 Å². The van der Waals surface area contributed by atoms with Gasteiger partial charge in [0, 0.05) is 25.9 Å². The maximum atomic E-state index is 12.6. The van der Waals surface area contributed by atoms with Gasteiger partial charge < -0.3 is 16.4 Å². The molecule has 0 radical (unpaired) electrons. The van der Waals surface area contributed by atoms with E-state index >= 15 is 0 Å². The highest BCUT2D eigenvalue weighted by molar-refractivity contribution is 5.77. The van der Waals surface area contributed by atoms with Crippen LogP contribution in [0.4, 0.5) is 0 Å². The van der Waals surface area contributed by atoms with E-state index in [-0.39, 0.29) is 23.1 Å². The smallest absolute Gasteiger partial charge is 0.223 e. The van der Waals surface area contributed by atoms with Crippen molar-refractivity contribution in [2.75, 3.05) is 19.6 Å². The standard InChI is InChI=1S/C16H29N3O2/c17-12-16(6-2-1-3-7-16)10-15(21)19-8-4-5-13(11-19)9-14(18)20/h13H,1-12,17H2,(H2,18,20). The number of primary amides is 1. The minimum absolute atomic E-state index is 0.0198. The molecule has 0 spiro atoms. The Labute approximate surface area is 127 Å². The van der Waals surface area contributed by atoms with Gasteiger partial charge >= 0.3 is 0 Å². The molecule has 1 aliphatic heterocycles. The van der Waals surface area contributed by atoms with Crippen molar-refractivity contribution in [3.63, 3.8) is 0 Å². The summed E-state index contributed by atoms with van der Waals surface area (Å²) in [6, 6.07) is 0. The quantitative estimate of drug-likeness (QED) is 0.803. The highest BCUT2D eigenvalue weighted by Crippen LogP contribution is 2.39. The van der Waals surface area contributed by atoms with Gasteiger partial charge in [-0.25, -0.2) is 0 Å². The lowest BCUT2D eigenvalue weighted by Gasteiger charge is -2.39. The summed E-state index contributed by atoms with van der Waals surface area (Å²) in [6.07, 6.45) is 8.73. The Hall–Kier alpha value is -1.10. The molecule has 4 N–H and O–H groups in total. The first-order valence-corrected chi connectivity index (χ1v) is 8.31. The number of piperidine rings is 1. The van der Waals surface area contributed by atoms with Crippen LogP contribution in [-0.4, -0.2) is 36.3 Å². The van der Waals surface area contributed by atoms with E-state index in [1.54, 1.807) is 0 Å². The molecular formula is C16H29N3O2. The lowest BCUT2D eigenvalue weighted by Crippen LogP contribution is -2.45. The number of amides is 2. The summed E-state index contributed by atoms with van der Waals surface area (Å²) in [5.74, 6) is 0.192. The van der Waals surface area contributed by atoms with Gasteiger partial charge in [-0.1, -0.05) is 19.3 Å². The van der Waals surface area contributed by atoms with E-state index in [9.17, 15) is 9.59 Å². The average Bonchev–Trinajstić information content (AvgIpc) is 2.48. The zero-order valence-electron chi connectivity index (χ0n) is 13.0. The summed E-state index contributed by atoms with van der Waals surface area (Å²) >= 11 is 0. The van der Waals surface area contributed by atoms with Crippen molar-refractivity contribution in [1.29, 1.82) is 0 Å². The second-order valence-electron chi connectivity index (χ2n) is 6.96. The average molecular weight is 295 g/mol. The van der Waals surface area contributed by atoms with Crippen LogP contribution in [-0.2, 0) is 9.59 Å². The molecule has 1 aliphatic carbocycles. The molecule has 1 saturated carbocycles. The lowest BCUT2D eigenvalue weighted by atomic mass is 9.71. The van der Waals surface area contributed by atoms with Crippen LogP contribution in [0.15, 0.2) is 0 Å². The molecule has 120 valence electrons. The van der Waals surface area contributed by atoms with Crippen molar-refractivity contribution in [3.8, 4) is 0 Å². The van der Waals surface area contributed by atoms with E-state index in [1.165, 1.54) is 19.3 Å². The second-order valence-corrected chi connectivity index (χ2v) is 6.96. The summed E-state index contributed by atoms with van der Waals surface area (Å²) in [5, 5.41) is 0. The van der Waals surface area contributed by atoms with Crippen molar-refractivity contribution < 1.29 is 9.59 Å². The predicted octanol–water partition coefficient (Wildman–Crippen LogP) is 1.40. The highest BCUT2D eigenvalue weighted by Gasteiger charge is 2.35. The molecule has 2 aliphatic rings. The van der Waals surface area contributed by atoms with Gasteiger partial charge in [0.05, 0.1) is 0 Å². The van der Waals surface area contributed by atoms with E-state index in [4.69, 9.17) is 11.5 Å². The van der Waals surface area contributed by atoms with Crippen molar-refractivity contribution >= 4 is 11.8 Å². The van der Waals surface area contributed by atoms with E-state index in [0.29, 0.717) is 25.9 Å². The SMILES string of the molecule is NCC1(CC(=O)N2CCCC(CC(N)=O)C2)CCCCC1. The van der Waals surface area contributed by atoms with E-state index < -0.39 is 0 Å². The number of hydrogen-bond acceptors (Lipinski definition) is 3. The van der Waals surface area contributed by atoms with E-state index in [2.05, 4.69) is 0 Å². The molecule has 1 unspecified atom stereocenters. The van der Waals surface area contributed by atoms with Crippen LogP contribution in [0.5, 0.6) is 0 Å². The fourth-order valence-electron chi connectivity index (χ4n) is 3.93. The normalized spacial score (nSPS) is 25.6. The first-order valence-electron chi connectivity index (χ1n) is 8.31. The lowest BCUT2D eigenvalue weighted by molar-refractivity contribution is -0.136. The van der Waals surface area contributed by atoms with Gasteiger partial charge in [0.1, 0.15) is 0 Å². The number of likely N-dealkylation sites (tertiary alicyclic amines) is 1. The van der Waals surface area contributed by atoms with Gasteiger partial charge in [-0.2, -0.15) is 0 Å². The van der Waals surface area contributed by atoms with Gasteiger partial charge in [0.15, 0.2) is 0 Å². The maximum absolute atomic E-state index is 12.6. The molecule has 5 heteroatoms. The van der Waals surface area contributed by atoms with Crippen LogP contribution in [0.3, 0.4) is 0 Å². The maximum Gasteiger partial charge on any atom is 0.223 e. The number of rotatable bonds is 5. The Balaban J connectivity index is 1.91. The van der Waals surface area contributed by atoms with Gasteiger partial charge in [-0.3, -0.25) is 9.59 Å². The van der Waals surface area contributed by atoms with Crippen molar-refractivity contribution in [3.05, 3.63) is 0 Å². The first kappa shape index (κ1) is 16.3. The van der Waals surface area contributed by atoms with Crippen LogP contribution in [0, 0.1) is 11.3 Å². The molecule has 0 aromatic rings. The molecule has 1 atom stereocenters. The fraction of sp³-hybridized carbons (Fsp3) is 0.875. The summed E-state index contributed by atoms with van der Waals surface area (Å²) in [4.78, 5) is 25.6. The molecular weight excluding hydrogens is 266 g/mol. The van der Waals surface area contributed by atoms with Crippen LogP contribution in [0.25, 0.3) is 0 Å². The van der Waals surface area contributed by atoms with Gasteiger partial charge in [-0.05, 0) is 43.6 Å². The molecule has 1 saturated heterocycles. The highest BCUT2D eigenvalue weighted by atomic mass is 16.2. The van der Waals surface area contributed by atoms with Crippen molar-refractivity contribution in [2.24, 2.45) is 22.8 Å². The molecule has 0 bridgehead atoms. The zero-order chi connectivity index (χ0) is 15.3. The zero-order valence-corrected chi connectivity index (χ0v) is 13.0. The van der Waals surface area contributed by atoms with E-state index in [0.717, 1.165) is 32.2 Å². The fourth-order valence-corrected chi connectivity index (χ4v) is 3.93. The third-order valence-electron chi connectivity index (χ3n) is 5.24. The summed E-state index contributed by atoms with van der Waals surface area (Å²) < 4.78 is 0. The first-order chi connectivity index (χ1) is 10.0.